The van der Waals surface area contributed by atoms with Gasteiger partial charge in [-0.1, -0.05) is 80.5 Å². The highest BCUT2D eigenvalue weighted by Crippen LogP contribution is 2.25. The van der Waals surface area contributed by atoms with E-state index in [2.05, 4.69) is 35.6 Å². The molecule has 0 bridgehead atoms. The van der Waals surface area contributed by atoms with Crippen LogP contribution in [0.4, 0.5) is 17.6 Å². The first kappa shape index (κ1) is 27.3. The van der Waals surface area contributed by atoms with Gasteiger partial charge in [0.2, 0.25) is 0 Å². The maximum absolute atomic E-state index is 15.2. The van der Waals surface area contributed by atoms with Gasteiger partial charge >= 0.3 is 6.36 Å². The van der Waals surface area contributed by atoms with Gasteiger partial charge in [-0.2, -0.15) is 0 Å². The van der Waals surface area contributed by atoms with Crippen molar-refractivity contribution in [3.05, 3.63) is 112 Å². The number of hydrogen-bond donors (Lipinski definition) is 0. The van der Waals surface area contributed by atoms with E-state index in [1.165, 1.54) is 43.4 Å². The monoisotopic (exact) mass is 518 g/mol. The molecule has 0 heterocycles. The zero-order chi connectivity index (χ0) is 27.0. The van der Waals surface area contributed by atoms with Gasteiger partial charge in [0.25, 0.3) is 0 Å². The van der Waals surface area contributed by atoms with Crippen LogP contribution in [0.15, 0.2) is 78.9 Å². The first-order valence-corrected chi connectivity index (χ1v) is 13.0. The molecule has 0 N–H and O–H groups in total. The summed E-state index contributed by atoms with van der Waals surface area (Å²) in [7, 11) is 0. The molecule has 0 spiro atoms. The molecule has 0 atom stereocenters. The summed E-state index contributed by atoms with van der Waals surface area (Å²) >= 11 is 0. The van der Waals surface area contributed by atoms with E-state index in [1.54, 1.807) is 24.3 Å². The molecule has 38 heavy (non-hydrogen) atoms. The van der Waals surface area contributed by atoms with E-state index in [9.17, 15) is 13.2 Å². The lowest BCUT2D eigenvalue weighted by molar-refractivity contribution is -0.274. The summed E-state index contributed by atoms with van der Waals surface area (Å²) in [5.74, 6) is 5.82. The average molecular weight is 519 g/mol. The summed E-state index contributed by atoms with van der Waals surface area (Å²) < 4.78 is 56.1. The van der Waals surface area contributed by atoms with Crippen molar-refractivity contribution in [1.82, 2.24) is 0 Å². The largest absolute Gasteiger partial charge is 0.573 e. The van der Waals surface area contributed by atoms with E-state index in [0.717, 1.165) is 28.5 Å². The van der Waals surface area contributed by atoms with E-state index in [1.807, 2.05) is 30.3 Å². The number of alkyl halides is 3. The van der Waals surface area contributed by atoms with E-state index in [-0.39, 0.29) is 11.6 Å². The lowest BCUT2D eigenvalue weighted by atomic mass is 9.99. The van der Waals surface area contributed by atoms with Crippen molar-refractivity contribution in [2.45, 2.75) is 58.2 Å². The maximum Gasteiger partial charge on any atom is 0.573 e. The third-order valence-electron chi connectivity index (χ3n) is 6.50. The molecule has 0 fully saturated rings. The van der Waals surface area contributed by atoms with Gasteiger partial charge in [0.05, 0.1) is 0 Å². The molecule has 196 valence electrons. The Labute approximate surface area is 221 Å². The Bertz CT molecular complexity index is 1410. The van der Waals surface area contributed by atoms with Crippen molar-refractivity contribution >= 4 is 10.8 Å². The highest BCUT2D eigenvalue weighted by molar-refractivity contribution is 5.85. The Kier molecular flexibility index (Phi) is 9.07. The van der Waals surface area contributed by atoms with E-state index >= 15 is 4.39 Å². The molecule has 0 aromatic heterocycles. The lowest BCUT2D eigenvalue weighted by Gasteiger charge is -2.10. The van der Waals surface area contributed by atoms with E-state index in [0.29, 0.717) is 23.8 Å². The lowest BCUT2D eigenvalue weighted by Crippen LogP contribution is -2.17. The van der Waals surface area contributed by atoms with Crippen LogP contribution in [0.25, 0.3) is 10.8 Å². The second-order valence-electron chi connectivity index (χ2n) is 9.42. The van der Waals surface area contributed by atoms with Crippen LogP contribution in [-0.4, -0.2) is 6.36 Å². The normalized spacial score (nSPS) is 11.3. The molecule has 0 aliphatic rings. The first-order chi connectivity index (χ1) is 18.3. The Morgan fingerprint density at radius 2 is 1.34 bits per heavy atom. The predicted octanol–water partition coefficient (Wildman–Crippen LogP) is 9.19. The molecule has 4 aromatic carbocycles. The van der Waals surface area contributed by atoms with Crippen LogP contribution in [0.1, 0.15) is 60.4 Å². The van der Waals surface area contributed by atoms with Gasteiger partial charge < -0.3 is 4.74 Å². The second kappa shape index (κ2) is 12.6. The van der Waals surface area contributed by atoms with Gasteiger partial charge in [0.15, 0.2) is 0 Å². The van der Waals surface area contributed by atoms with Crippen molar-refractivity contribution in [3.63, 3.8) is 0 Å². The topological polar surface area (TPSA) is 9.23 Å². The quantitative estimate of drug-likeness (QED) is 0.122. The average Bonchev–Trinajstić information content (AvgIpc) is 2.90. The fraction of sp³-hybridized carbons (Fsp3) is 0.273. The fourth-order valence-electron chi connectivity index (χ4n) is 4.40. The van der Waals surface area contributed by atoms with Gasteiger partial charge in [-0.3, -0.25) is 0 Å². The fourth-order valence-corrected chi connectivity index (χ4v) is 4.40. The predicted molar refractivity (Wildman–Crippen MR) is 145 cm³/mol. The summed E-state index contributed by atoms with van der Waals surface area (Å²) in [6.07, 6.45) is 2.29. The zero-order valence-electron chi connectivity index (χ0n) is 21.4. The van der Waals surface area contributed by atoms with Crippen LogP contribution in [0, 0.1) is 17.7 Å². The van der Waals surface area contributed by atoms with Gasteiger partial charge in [-0.05, 0) is 84.2 Å². The van der Waals surface area contributed by atoms with Crippen LogP contribution >= 0.6 is 0 Å². The SMILES string of the molecule is CCCCCCc1ccc(C#Cc2ccc3c(F)c(CCc4ccc(OC(F)(F)F)cc4)ccc3c2)cc1. The molecule has 0 aliphatic carbocycles. The Balaban J connectivity index is 1.39. The minimum atomic E-state index is -4.72. The molecule has 4 aromatic rings. The van der Waals surface area contributed by atoms with Crippen LogP contribution in [0.5, 0.6) is 5.75 Å². The first-order valence-electron chi connectivity index (χ1n) is 13.0. The molecular weight excluding hydrogens is 488 g/mol. The molecule has 0 aliphatic heterocycles. The molecule has 0 amide bonds. The molecule has 0 unspecified atom stereocenters. The van der Waals surface area contributed by atoms with Crippen LogP contribution in [-0.2, 0) is 19.3 Å². The number of hydrogen-bond acceptors (Lipinski definition) is 1. The number of aryl methyl sites for hydroxylation is 3. The van der Waals surface area contributed by atoms with Gasteiger partial charge in [-0.25, -0.2) is 4.39 Å². The van der Waals surface area contributed by atoms with Crippen molar-refractivity contribution in [1.29, 1.82) is 0 Å². The molecule has 1 nitrogen and oxygen atoms in total. The zero-order valence-corrected chi connectivity index (χ0v) is 21.4. The van der Waals surface area contributed by atoms with Crippen molar-refractivity contribution in [3.8, 4) is 17.6 Å². The third kappa shape index (κ3) is 7.86. The second-order valence-corrected chi connectivity index (χ2v) is 9.42. The molecule has 0 saturated carbocycles. The Morgan fingerprint density at radius 3 is 2.05 bits per heavy atom. The number of rotatable bonds is 9. The number of benzene rings is 4. The highest BCUT2D eigenvalue weighted by atomic mass is 19.4. The summed E-state index contributed by atoms with van der Waals surface area (Å²) in [6.45, 7) is 2.21. The maximum atomic E-state index is 15.2. The minimum absolute atomic E-state index is 0.271. The third-order valence-corrected chi connectivity index (χ3v) is 6.50. The van der Waals surface area contributed by atoms with E-state index in [4.69, 9.17) is 0 Å². The van der Waals surface area contributed by atoms with Gasteiger partial charge in [0, 0.05) is 16.5 Å². The summed E-state index contributed by atoms with van der Waals surface area (Å²) in [6, 6.07) is 23.1. The van der Waals surface area contributed by atoms with Gasteiger partial charge in [-0.15, -0.1) is 13.2 Å². The number of halogens is 4. The van der Waals surface area contributed by atoms with Gasteiger partial charge in [0.1, 0.15) is 11.6 Å². The summed E-state index contributed by atoms with van der Waals surface area (Å²) in [5.41, 5.74) is 4.45. The Morgan fingerprint density at radius 1 is 0.684 bits per heavy atom. The van der Waals surface area contributed by atoms with Crippen LogP contribution < -0.4 is 4.74 Å². The highest BCUT2D eigenvalue weighted by Gasteiger charge is 2.30. The summed E-state index contributed by atoms with van der Waals surface area (Å²) in [4.78, 5) is 0. The molecule has 5 heteroatoms. The van der Waals surface area contributed by atoms with Crippen LogP contribution in [0.2, 0.25) is 0 Å². The molecule has 0 saturated heterocycles. The van der Waals surface area contributed by atoms with Crippen molar-refractivity contribution in [2.24, 2.45) is 0 Å². The van der Waals surface area contributed by atoms with Crippen molar-refractivity contribution < 1.29 is 22.3 Å². The number of fused-ring (bicyclic) bond motifs is 1. The standard InChI is InChI=1S/C33H30F4O/c1-2-3-4-5-6-24-7-9-25(10-8-24)11-12-27-16-22-31-29(23-27)19-18-28(32(31)34)17-13-26-14-20-30(21-15-26)38-33(35,36)37/h7-10,14-16,18-23H,2-6,13,17H2,1H3. The number of ether oxygens (including phenoxy) is 1. The number of unbranched alkanes of at least 4 members (excludes halogenated alkanes) is 3. The minimum Gasteiger partial charge on any atom is -0.406 e. The summed E-state index contributed by atoms with van der Waals surface area (Å²) in [5, 5.41) is 1.29. The smallest absolute Gasteiger partial charge is 0.406 e. The molecule has 4 rings (SSSR count). The molecular formula is C33H30F4O. The van der Waals surface area contributed by atoms with Crippen molar-refractivity contribution in [2.75, 3.05) is 0 Å². The van der Waals surface area contributed by atoms with Crippen LogP contribution in [0.3, 0.4) is 0 Å². The Hall–Kier alpha value is -3.78. The molecule has 0 radical (unpaired) electrons. The van der Waals surface area contributed by atoms with E-state index < -0.39 is 6.36 Å².